The third kappa shape index (κ3) is 4.40. The Morgan fingerprint density at radius 3 is 2.52 bits per heavy atom. The van der Waals surface area contributed by atoms with E-state index in [1.807, 2.05) is 6.92 Å². The number of aromatic nitrogens is 2. The average molecular weight is 356 g/mol. The Balaban J connectivity index is 2.23. The second-order valence-electron chi connectivity index (χ2n) is 4.53. The predicted octanol–water partition coefficient (Wildman–Crippen LogP) is 2.18. The van der Waals surface area contributed by atoms with E-state index in [4.69, 9.17) is 16.3 Å². The fourth-order valence-corrected chi connectivity index (χ4v) is 2.36. The summed E-state index contributed by atoms with van der Waals surface area (Å²) in [5.74, 6) is 0.0383. The molecule has 1 aromatic heterocycles. The molecule has 23 heavy (non-hydrogen) atoms. The number of anilines is 1. The van der Waals surface area contributed by atoms with Crippen LogP contribution in [0.1, 0.15) is 17.4 Å². The molecule has 0 aliphatic carbocycles. The SMILES string of the molecule is CCOc1ccc(NC(=O)c2nc(S(C)(=O)=O)ncc2Cl)cc1. The monoisotopic (exact) mass is 355 g/mol. The highest BCUT2D eigenvalue weighted by Gasteiger charge is 2.19. The summed E-state index contributed by atoms with van der Waals surface area (Å²) in [4.78, 5) is 19.5. The van der Waals surface area contributed by atoms with E-state index in [2.05, 4.69) is 15.3 Å². The molecule has 0 spiro atoms. The fraction of sp³-hybridized carbons (Fsp3) is 0.214. The van der Waals surface area contributed by atoms with Gasteiger partial charge < -0.3 is 10.1 Å². The Hall–Kier alpha value is -2.19. The number of carbonyl (C=O) groups is 1. The molecule has 0 unspecified atom stereocenters. The van der Waals surface area contributed by atoms with E-state index in [-0.39, 0.29) is 10.7 Å². The molecule has 1 N–H and O–H groups in total. The van der Waals surface area contributed by atoms with Gasteiger partial charge in [-0.1, -0.05) is 11.6 Å². The molecule has 0 fully saturated rings. The van der Waals surface area contributed by atoms with Crippen molar-refractivity contribution in [1.82, 2.24) is 9.97 Å². The van der Waals surface area contributed by atoms with Crippen LogP contribution in [0.4, 0.5) is 5.69 Å². The largest absolute Gasteiger partial charge is 0.494 e. The molecule has 0 bridgehead atoms. The van der Waals surface area contributed by atoms with E-state index in [1.165, 1.54) is 0 Å². The van der Waals surface area contributed by atoms with E-state index in [0.29, 0.717) is 18.0 Å². The number of sulfone groups is 1. The minimum Gasteiger partial charge on any atom is -0.494 e. The summed E-state index contributed by atoms with van der Waals surface area (Å²) in [6.07, 6.45) is 2.03. The smallest absolute Gasteiger partial charge is 0.275 e. The van der Waals surface area contributed by atoms with Crippen molar-refractivity contribution in [2.24, 2.45) is 0 Å². The van der Waals surface area contributed by atoms with Crippen molar-refractivity contribution < 1.29 is 17.9 Å². The van der Waals surface area contributed by atoms with Crippen molar-refractivity contribution in [3.05, 3.63) is 41.2 Å². The summed E-state index contributed by atoms with van der Waals surface area (Å²) in [5.41, 5.74) is 0.282. The lowest BCUT2D eigenvalue weighted by Gasteiger charge is -2.08. The standard InChI is InChI=1S/C14H14ClN3O4S/c1-3-22-10-6-4-9(5-7-10)17-13(19)12-11(15)8-16-14(18-12)23(2,20)21/h4-8H,3H2,1-2H3,(H,17,19). The lowest BCUT2D eigenvalue weighted by Crippen LogP contribution is -2.17. The summed E-state index contributed by atoms with van der Waals surface area (Å²) >= 11 is 5.87. The molecule has 9 heteroatoms. The molecule has 1 aromatic carbocycles. The van der Waals surface area contributed by atoms with Gasteiger partial charge in [-0.15, -0.1) is 0 Å². The van der Waals surface area contributed by atoms with Crippen LogP contribution in [0.2, 0.25) is 5.02 Å². The van der Waals surface area contributed by atoms with E-state index in [1.54, 1.807) is 24.3 Å². The van der Waals surface area contributed by atoms with Crippen LogP contribution in [0, 0.1) is 0 Å². The van der Waals surface area contributed by atoms with E-state index in [9.17, 15) is 13.2 Å². The van der Waals surface area contributed by atoms with Gasteiger partial charge in [0, 0.05) is 11.9 Å². The quantitative estimate of drug-likeness (QED) is 0.825. The maximum atomic E-state index is 12.2. The van der Waals surface area contributed by atoms with Crippen LogP contribution < -0.4 is 10.1 Å². The van der Waals surface area contributed by atoms with Crippen LogP contribution >= 0.6 is 11.6 Å². The number of halogens is 1. The number of rotatable bonds is 5. The number of amides is 1. The molecule has 122 valence electrons. The highest BCUT2D eigenvalue weighted by molar-refractivity contribution is 7.90. The van der Waals surface area contributed by atoms with Crippen LogP contribution in [0.15, 0.2) is 35.6 Å². The first-order valence-electron chi connectivity index (χ1n) is 6.58. The fourth-order valence-electron chi connectivity index (χ4n) is 1.68. The van der Waals surface area contributed by atoms with Crippen molar-refractivity contribution in [1.29, 1.82) is 0 Å². The summed E-state index contributed by atoms with van der Waals surface area (Å²) in [5, 5.41) is 2.08. The molecule has 0 radical (unpaired) electrons. The molecular weight excluding hydrogens is 342 g/mol. The summed E-state index contributed by atoms with van der Waals surface area (Å²) in [6.45, 7) is 2.41. The van der Waals surface area contributed by atoms with Gasteiger partial charge in [-0.05, 0) is 31.2 Å². The zero-order chi connectivity index (χ0) is 17.0. The normalized spacial score (nSPS) is 11.1. The third-order valence-electron chi connectivity index (χ3n) is 2.69. The van der Waals surface area contributed by atoms with E-state index < -0.39 is 20.9 Å². The van der Waals surface area contributed by atoms with Crippen LogP contribution in [-0.2, 0) is 9.84 Å². The number of carbonyl (C=O) groups excluding carboxylic acids is 1. The minimum absolute atomic E-state index is 0.0409. The van der Waals surface area contributed by atoms with Gasteiger partial charge in [-0.2, -0.15) is 0 Å². The van der Waals surface area contributed by atoms with Gasteiger partial charge in [0.2, 0.25) is 15.0 Å². The zero-order valence-electron chi connectivity index (χ0n) is 12.4. The molecule has 1 amide bonds. The Morgan fingerprint density at radius 1 is 1.30 bits per heavy atom. The van der Waals surface area contributed by atoms with Crippen molar-refractivity contribution in [3.63, 3.8) is 0 Å². The van der Waals surface area contributed by atoms with Gasteiger partial charge in [-0.25, -0.2) is 18.4 Å². The Labute approximate surface area is 138 Å². The van der Waals surface area contributed by atoms with E-state index >= 15 is 0 Å². The van der Waals surface area contributed by atoms with Gasteiger partial charge in [0.25, 0.3) is 5.91 Å². The minimum atomic E-state index is -3.64. The van der Waals surface area contributed by atoms with Gasteiger partial charge in [0.05, 0.1) is 17.8 Å². The average Bonchev–Trinajstić information content (AvgIpc) is 2.48. The van der Waals surface area contributed by atoms with Gasteiger partial charge in [0.1, 0.15) is 5.75 Å². The lowest BCUT2D eigenvalue weighted by molar-refractivity contribution is 0.102. The first-order valence-corrected chi connectivity index (χ1v) is 8.85. The summed E-state index contributed by atoms with van der Waals surface area (Å²) in [6, 6.07) is 6.69. The number of nitrogens with one attached hydrogen (secondary N) is 1. The zero-order valence-corrected chi connectivity index (χ0v) is 14.0. The molecule has 1 heterocycles. The van der Waals surface area contributed by atoms with E-state index in [0.717, 1.165) is 12.5 Å². The Bertz CT molecular complexity index is 822. The first-order chi connectivity index (χ1) is 10.8. The molecule has 0 saturated heterocycles. The highest BCUT2D eigenvalue weighted by atomic mass is 35.5. The maximum absolute atomic E-state index is 12.2. The molecule has 0 saturated carbocycles. The van der Waals surface area contributed by atoms with Gasteiger partial charge in [-0.3, -0.25) is 4.79 Å². The lowest BCUT2D eigenvalue weighted by atomic mass is 10.3. The molecular formula is C14H14ClN3O4S. The number of hydrogen-bond donors (Lipinski definition) is 1. The van der Waals surface area contributed by atoms with Crippen molar-refractivity contribution in [3.8, 4) is 5.75 Å². The Morgan fingerprint density at radius 2 is 1.96 bits per heavy atom. The van der Waals surface area contributed by atoms with Crippen molar-refractivity contribution in [2.75, 3.05) is 18.2 Å². The molecule has 2 rings (SSSR count). The van der Waals surface area contributed by atoms with Gasteiger partial charge >= 0.3 is 0 Å². The predicted molar refractivity (Wildman–Crippen MR) is 85.7 cm³/mol. The number of ether oxygens (including phenoxy) is 1. The number of benzene rings is 1. The summed E-state index contributed by atoms with van der Waals surface area (Å²) in [7, 11) is -3.64. The molecule has 0 aliphatic rings. The third-order valence-corrected chi connectivity index (χ3v) is 3.83. The van der Waals surface area contributed by atoms with Crippen molar-refractivity contribution in [2.45, 2.75) is 12.1 Å². The first kappa shape index (κ1) is 17.2. The van der Waals surface area contributed by atoms with Gasteiger partial charge in [0.15, 0.2) is 5.69 Å². The molecule has 7 nitrogen and oxygen atoms in total. The molecule has 0 atom stereocenters. The summed E-state index contributed by atoms with van der Waals surface area (Å²) < 4.78 is 28.2. The second kappa shape index (κ2) is 6.93. The Kier molecular flexibility index (Phi) is 5.17. The number of nitrogens with zero attached hydrogens (tertiary/aromatic N) is 2. The maximum Gasteiger partial charge on any atom is 0.275 e. The van der Waals surface area contributed by atoms with Crippen LogP contribution in [-0.4, -0.2) is 37.2 Å². The molecule has 0 aliphatic heterocycles. The van der Waals surface area contributed by atoms with Crippen LogP contribution in [0.25, 0.3) is 0 Å². The number of hydrogen-bond acceptors (Lipinski definition) is 6. The van der Waals surface area contributed by atoms with Crippen LogP contribution in [0.5, 0.6) is 5.75 Å². The molecule has 2 aromatic rings. The second-order valence-corrected chi connectivity index (χ2v) is 6.85. The van der Waals surface area contributed by atoms with Crippen LogP contribution in [0.3, 0.4) is 0 Å². The highest BCUT2D eigenvalue weighted by Crippen LogP contribution is 2.19. The topological polar surface area (TPSA) is 98.2 Å². The van der Waals surface area contributed by atoms with Crippen molar-refractivity contribution >= 4 is 33.0 Å².